The number of ether oxygens (including phenoxy) is 2. The summed E-state index contributed by atoms with van der Waals surface area (Å²) < 4.78 is 24.1. The zero-order valence-corrected chi connectivity index (χ0v) is 12.0. The highest BCUT2D eigenvalue weighted by molar-refractivity contribution is 5.34. The fraction of sp³-hybridized carbons (Fsp3) is 0.600. The molecule has 0 radical (unpaired) electrons. The van der Waals surface area contributed by atoms with Crippen LogP contribution in [0.1, 0.15) is 32.3 Å². The van der Waals surface area contributed by atoms with Crippen LogP contribution in [0.15, 0.2) is 18.2 Å². The topological polar surface area (TPSA) is 30.5 Å². The van der Waals surface area contributed by atoms with Crippen molar-refractivity contribution in [3.05, 3.63) is 29.6 Å². The number of nitrogens with one attached hydrogen (secondary N) is 1. The van der Waals surface area contributed by atoms with Gasteiger partial charge in [0.1, 0.15) is 11.6 Å². The van der Waals surface area contributed by atoms with Crippen LogP contribution in [0.25, 0.3) is 0 Å². The number of benzene rings is 1. The molecule has 0 saturated heterocycles. The van der Waals surface area contributed by atoms with Crippen LogP contribution < -0.4 is 10.1 Å². The van der Waals surface area contributed by atoms with E-state index < -0.39 is 0 Å². The SMILES string of the molecule is CCCC(C)Oc1ccc(F)cc1CNCCOC. The van der Waals surface area contributed by atoms with Gasteiger partial charge in [0.25, 0.3) is 0 Å². The van der Waals surface area contributed by atoms with Crippen LogP contribution in [-0.4, -0.2) is 26.4 Å². The van der Waals surface area contributed by atoms with Crippen molar-refractivity contribution in [1.29, 1.82) is 0 Å². The van der Waals surface area contributed by atoms with Crippen molar-refractivity contribution in [3.63, 3.8) is 0 Å². The van der Waals surface area contributed by atoms with E-state index in [1.54, 1.807) is 13.2 Å². The van der Waals surface area contributed by atoms with Gasteiger partial charge < -0.3 is 14.8 Å². The number of halogens is 1. The van der Waals surface area contributed by atoms with E-state index in [1.165, 1.54) is 12.1 Å². The Labute approximate surface area is 115 Å². The van der Waals surface area contributed by atoms with E-state index in [0.717, 1.165) is 30.7 Å². The molecule has 0 heterocycles. The lowest BCUT2D eigenvalue weighted by atomic mass is 10.1. The molecule has 0 amide bonds. The molecule has 108 valence electrons. The first-order valence-corrected chi connectivity index (χ1v) is 6.82. The molecule has 0 fully saturated rings. The van der Waals surface area contributed by atoms with E-state index in [0.29, 0.717) is 13.2 Å². The van der Waals surface area contributed by atoms with Crippen molar-refractivity contribution in [3.8, 4) is 5.75 Å². The van der Waals surface area contributed by atoms with Gasteiger partial charge in [-0.2, -0.15) is 0 Å². The monoisotopic (exact) mass is 269 g/mol. The van der Waals surface area contributed by atoms with Gasteiger partial charge in [0.15, 0.2) is 0 Å². The molecule has 3 nitrogen and oxygen atoms in total. The Morgan fingerprint density at radius 3 is 2.84 bits per heavy atom. The largest absolute Gasteiger partial charge is 0.490 e. The minimum absolute atomic E-state index is 0.146. The maximum absolute atomic E-state index is 13.3. The molecule has 0 aliphatic carbocycles. The summed E-state index contributed by atoms with van der Waals surface area (Å²) in [7, 11) is 1.66. The molecule has 4 heteroatoms. The zero-order chi connectivity index (χ0) is 14.1. The second-order valence-electron chi connectivity index (χ2n) is 4.64. The van der Waals surface area contributed by atoms with E-state index >= 15 is 0 Å². The summed E-state index contributed by atoms with van der Waals surface area (Å²) in [5, 5.41) is 3.20. The van der Waals surface area contributed by atoms with Crippen molar-refractivity contribution in [2.75, 3.05) is 20.3 Å². The normalized spacial score (nSPS) is 12.4. The Morgan fingerprint density at radius 2 is 2.16 bits per heavy atom. The van der Waals surface area contributed by atoms with Gasteiger partial charge in [-0.05, 0) is 31.5 Å². The number of hydrogen-bond donors (Lipinski definition) is 1. The van der Waals surface area contributed by atoms with Crippen LogP contribution in [0.4, 0.5) is 4.39 Å². The summed E-state index contributed by atoms with van der Waals surface area (Å²) in [5.41, 5.74) is 0.846. The quantitative estimate of drug-likeness (QED) is 0.699. The smallest absolute Gasteiger partial charge is 0.124 e. The lowest BCUT2D eigenvalue weighted by molar-refractivity contribution is 0.197. The molecule has 1 unspecified atom stereocenters. The second-order valence-corrected chi connectivity index (χ2v) is 4.64. The van der Waals surface area contributed by atoms with Gasteiger partial charge in [0, 0.05) is 25.8 Å². The van der Waals surface area contributed by atoms with E-state index in [2.05, 4.69) is 12.2 Å². The van der Waals surface area contributed by atoms with Crippen LogP contribution in [0.2, 0.25) is 0 Å². The molecule has 1 N–H and O–H groups in total. The Morgan fingerprint density at radius 1 is 1.37 bits per heavy atom. The van der Waals surface area contributed by atoms with Gasteiger partial charge in [0.05, 0.1) is 12.7 Å². The molecule has 1 aromatic carbocycles. The molecule has 0 aromatic heterocycles. The predicted octanol–water partition coefficient (Wildman–Crippen LogP) is 3.13. The van der Waals surface area contributed by atoms with Gasteiger partial charge in [0.2, 0.25) is 0 Å². The highest BCUT2D eigenvalue weighted by Gasteiger charge is 2.09. The molecule has 0 saturated carbocycles. The standard InChI is InChI=1S/C15H24FNO2/c1-4-5-12(2)19-15-7-6-14(16)10-13(15)11-17-8-9-18-3/h6-7,10,12,17H,4-5,8-9,11H2,1-3H3. The number of hydrogen-bond acceptors (Lipinski definition) is 3. The summed E-state index contributed by atoms with van der Waals surface area (Å²) in [6.45, 7) is 6.11. The maximum atomic E-state index is 13.3. The summed E-state index contributed by atoms with van der Waals surface area (Å²) in [5.74, 6) is 0.520. The number of methoxy groups -OCH3 is 1. The Kier molecular flexibility index (Phi) is 7.45. The van der Waals surface area contributed by atoms with Crippen molar-refractivity contribution >= 4 is 0 Å². The van der Waals surface area contributed by atoms with Crippen molar-refractivity contribution in [2.24, 2.45) is 0 Å². The van der Waals surface area contributed by atoms with E-state index in [9.17, 15) is 4.39 Å². The van der Waals surface area contributed by atoms with Crippen LogP contribution in [0.5, 0.6) is 5.75 Å². The fourth-order valence-electron chi connectivity index (χ4n) is 1.88. The van der Waals surface area contributed by atoms with Gasteiger partial charge >= 0.3 is 0 Å². The van der Waals surface area contributed by atoms with Crippen molar-refractivity contribution < 1.29 is 13.9 Å². The summed E-state index contributed by atoms with van der Waals surface area (Å²) in [6, 6.07) is 4.66. The fourth-order valence-corrected chi connectivity index (χ4v) is 1.88. The molecule has 0 aliphatic rings. The van der Waals surface area contributed by atoms with E-state index in [1.807, 2.05) is 6.92 Å². The predicted molar refractivity (Wildman–Crippen MR) is 75.0 cm³/mol. The van der Waals surface area contributed by atoms with Crippen molar-refractivity contribution in [2.45, 2.75) is 39.3 Å². The summed E-state index contributed by atoms with van der Waals surface area (Å²) in [6.07, 6.45) is 2.21. The number of rotatable bonds is 9. The highest BCUT2D eigenvalue weighted by Crippen LogP contribution is 2.21. The van der Waals surface area contributed by atoms with Crippen LogP contribution in [0.3, 0.4) is 0 Å². The molecule has 1 rings (SSSR count). The Balaban J connectivity index is 2.62. The molecule has 1 aromatic rings. The third kappa shape index (κ3) is 6.03. The van der Waals surface area contributed by atoms with Crippen LogP contribution >= 0.6 is 0 Å². The molecular weight excluding hydrogens is 245 g/mol. The maximum Gasteiger partial charge on any atom is 0.124 e. The van der Waals surface area contributed by atoms with Gasteiger partial charge in [-0.15, -0.1) is 0 Å². The average molecular weight is 269 g/mol. The summed E-state index contributed by atoms with van der Waals surface area (Å²) in [4.78, 5) is 0. The highest BCUT2D eigenvalue weighted by atomic mass is 19.1. The minimum atomic E-state index is -0.237. The molecule has 19 heavy (non-hydrogen) atoms. The Hall–Kier alpha value is -1.13. The summed E-state index contributed by atoms with van der Waals surface area (Å²) >= 11 is 0. The lowest BCUT2D eigenvalue weighted by Gasteiger charge is -2.17. The molecule has 0 spiro atoms. The third-order valence-corrected chi connectivity index (χ3v) is 2.84. The van der Waals surface area contributed by atoms with Crippen LogP contribution in [-0.2, 0) is 11.3 Å². The molecule has 0 bridgehead atoms. The van der Waals surface area contributed by atoms with Crippen molar-refractivity contribution in [1.82, 2.24) is 5.32 Å². The first-order chi connectivity index (χ1) is 9.17. The first-order valence-electron chi connectivity index (χ1n) is 6.82. The van der Waals surface area contributed by atoms with Gasteiger partial charge in [-0.3, -0.25) is 0 Å². The van der Waals surface area contributed by atoms with Gasteiger partial charge in [-0.25, -0.2) is 4.39 Å². The molecular formula is C15H24FNO2. The third-order valence-electron chi connectivity index (χ3n) is 2.84. The van der Waals surface area contributed by atoms with E-state index in [4.69, 9.17) is 9.47 Å². The average Bonchev–Trinajstić information content (AvgIpc) is 2.38. The van der Waals surface area contributed by atoms with E-state index in [-0.39, 0.29) is 11.9 Å². The minimum Gasteiger partial charge on any atom is -0.490 e. The van der Waals surface area contributed by atoms with Crippen LogP contribution in [0, 0.1) is 5.82 Å². The molecule has 1 atom stereocenters. The first kappa shape index (κ1) is 15.9. The zero-order valence-electron chi connectivity index (χ0n) is 12.0. The molecule has 0 aliphatic heterocycles. The lowest BCUT2D eigenvalue weighted by Crippen LogP contribution is -2.20. The van der Waals surface area contributed by atoms with Gasteiger partial charge in [-0.1, -0.05) is 13.3 Å². The second kappa shape index (κ2) is 8.88. The Bertz CT molecular complexity index is 371.